The summed E-state index contributed by atoms with van der Waals surface area (Å²) in [6.45, 7) is 0. The number of Topliss-reactive ketones (excluding diaryl/α,β-unsaturated/α-hetero) is 1. The molecule has 0 fully saturated rings. The third kappa shape index (κ3) is 6.76. The zero-order valence-corrected chi connectivity index (χ0v) is 19.0. The molecule has 0 amide bonds. The molecule has 0 unspecified atom stereocenters. The lowest BCUT2D eigenvalue weighted by atomic mass is 9.86. The number of rotatable bonds is 12. The van der Waals surface area contributed by atoms with Crippen LogP contribution in [-0.4, -0.2) is 46.4 Å². The highest BCUT2D eigenvalue weighted by atomic mass is 16.5. The Labute approximate surface area is 193 Å². The molecule has 176 valence electrons. The minimum atomic E-state index is -0.818. The van der Waals surface area contributed by atoms with Gasteiger partial charge in [-0.2, -0.15) is 0 Å². The number of hydrogen-bond donors (Lipinski definition) is 4. The Hall–Kier alpha value is -3.45. The van der Waals surface area contributed by atoms with Gasteiger partial charge in [-0.25, -0.2) is 0 Å². The number of methoxy groups -OCH3 is 2. The molecule has 7 nitrogen and oxygen atoms in total. The van der Waals surface area contributed by atoms with E-state index in [4.69, 9.17) is 9.47 Å². The number of ketones is 1. The van der Waals surface area contributed by atoms with Crippen molar-refractivity contribution >= 4 is 5.78 Å². The first-order valence-corrected chi connectivity index (χ1v) is 10.9. The molecule has 4 N–H and O–H groups in total. The number of phenols is 2. The summed E-state index contributed by atoms with van der Waals surface area (Å²) < 4.78 is 10.3. The molecule has 2 atom stereocenters. The fraction of sp³-hybridized carbons (Fsp3) is 0.346. The van der Waals surface area contributed by atoms with Crippen LogP contribution in [0, 0.1) is 5.92 Å². The lowest BCUT2D eigenvalue weighted by molar-refractivity contribution is -0.121. The number of aromatic nitrogens is 1. The predicted octanol–water partition coefficient (Wildman–Crippen LogP) is 3.80. The molecule has 0 bridgehead atoms. The molecule has 33 heavy (non-hydrogen) atoms. The quantitative estimate of drug-likeness (QED) is 0.332. The first kappa shape index (κ1) is 24.2. The van der Waals surface area contributed by atoms with Crippen LogP contribution in [0.2, 0.25) is 0 Å². The van der Waals surface area contributed by atoms with Crippen molar-refractivity contribution < 1.29 is 29.6 Å². The van der Waals surface area contributed by atoms with Crippen molar-refractivity contribution in [1.29, 1.82) is 0 Å². The average Bonchev–Trinajstić information content (AvgIpc) is 3.32. The summed E-state index contributed by atoms with van der Waals surface area (Å²) in [5, 5.41) is 30.6. The van der Waals surface area contributed by atoms with E-state index < -0.39 is 6.10 Å². The molecular weight excluding hydrogens is 422 g/mol. The van der Waals surface area contributed by atoms with Gasteiger partial charge in [-0.1, -0.05) is 12.1 Å². The molecule has 0 aliphatic carbocycles. The standard InChI is InChI=1S/C26H31NO6/c1-32-25-13-17(4-7-22(25)29)3-6-21(28)15-24(31)20(12-19-9-10-27-16-19)11-18-5-8-23(30)26(14-18)33-2/h4-5,7-10,13-14,16,20,24,27,29-31H,3,6,11-12,15H2,1-2H3/t20-,24+/m0/s1. The molecule has 0 aliphatic rings. The normalized spacial score (nSPS) is 12.8. The smallest absolute Gasteiger partial charge is 0.160 e. The van der Waals surface area contributed by atoms with E-state index in [-0.39, 0.29) is 36.0 Å². The van der Waals surface area contributed by atoms with Crippen LogP contribution in [-0.2, 0) is 24.1 Å². The van der Waals surface area contributed by atoms with E-state index in [0.717, 1.165) is 16.7 Å². The third-order valence-electron chi connectivity index (χ3n) is 5.82. The van der Waals surface area contributed by atoms with Crippen molar-refractivity contribution in [1.82, 2.24) is 4.98 Å². The molecule has 3 aromatic rings. The maximum absolute atomic E-state index is 12.7. The molecule has 7 heteroatoms. The van der Waals surface area contributed by atoms with E-state index in [1.165, 1.54) is 14.2 Å². The number of aliphatic hydroxyl groups is 1. The van der Waals surface area contributed by atoms with Crippen molar-refractivity contribution in [3.63, 3.8) is 0 Å². The number of ether oxygens (including phenoxy) is 2. The minimum absolute atomic E-state index is 0.0307. The lowest BCUT2D eigenvalue weighted by Crippen LogP contribution is -2.27. The zero-order chi connectivity index (χ0) is 23.8. The van der Waals surface area contributed by atoms with Crippen LogP contribution in [0.3, 0.4) is 0 Å². The van der Waals surface area contributed by atoms with Gasteiger partial charge in [0.05, 0.1) is 20.3 Å². The number of aromatic hydroxyl groups is 2. The largest absolute Gasteiger partial charge is 0.504 e. The van der Waals surface area contributed by atoms with Crippen molar-refractivity contribution in [3.8, 4) is 23.0 Å². The van der Waals surface area contributed by atoms with Gasteiger partial charge in [0.1, 0.15) is 5.78 Å². The molecule has 2 aromatic carbocycles. The van der Waals surface area contributed by atoms with E-state index in [0.29, 0.717) is 30.8 Å². The monoisotopic (exact) mass is 453 g/mol. The Morgan fingerprint density at radius 3 is 2.12 bits per heavy atom. The summed E-state index contributed by atoms with van der Waals surface area (Å²) >= 11 is 0. The van der Waals surface area contributed by atoms with Crippen molar-refractivity contribution in [2.45, 2.75) is 38.2 Å². The second kappa shape index (κ2) is 11.4. The summed E-state index contributed by atoms with van der Waals surface area (Å²) in [5.74, 6) is 0.648. The van der Waals surface area contributed by atoms with E-state index >= 15 is 0 Å². The number of carbonyl (C=O) groups excluding carboxylic acids is 1. The minimum Gasteiger partial charge on any atom is -0.504 e. The highest BCUT2D eigenvalue weighted by Gasteiger charge is 2.23. The number of hydrogen-bond acceptors (Lipinski definition) is 6. The predicted molar refractivity (Wildman–Crippen MR) is 125 cm³/mol. The van der Waals surface area contributed by atoms with Crippen LogP contribution in [0.4, 0.5) is 0 Å². The van der Waals surface area contributed by atoms with Gasteiger partial charge in [0, 0.05) is 25.2 Å². The van der Waals surface area contributed by atoms with Gasteiger partial charge in [-0.05, 0) is 72.2 Å². The number of phenolic OH excluding ortho intramolecular Hbond substituents is 2. The van der Waals surface area contributed by atoms with Gasteiger partial charge in [0.25, 0.3) is 0 Å². The molecule has 0 radical (unpaired) electrons. The van der Waals surface area contributed by atoms with Crippen LogP contribution in [0.15, 0.2) is 54.9 Å². The third-order valence-corrected chi connectivity index (χ3v) is 5.82. The number of nitrogens with one attached hydrogen (secondary N) is 1. The second-order valence-electron chi connectivity index (χ2n) is 8.21. The fourth-order valence-corrected chi connectivity index (χ4v) is 3.95. The van der Waals surface area contributed by atoms with E-state index in [1.807, 2.05) is 18.5 Å². The zero-order valence-electron chi connectivity index (χ0n) is 19.0. The van der Waals surface area contributed by atoms with E-state index in [9.17, 15) is 20.1 Å². The van der Waals surface area contributed by atoms with E-state index in [1.54, 1.807) is 36.4 Å². The van der Waals surface area contributed by atoms with Crippen LogP contribution in [0.25, 0.3) is 0 Å². The summed E-state index contributed by atoms with van der Waals surface area (Å²) in [5.41, 5.74) is 2.84. The lowest BCUT2D eigenvalue weighted by Gasteiger charge is -2.23. The second-order valence-corrected chi connectivity index (χ2v) is 8.21. The van der Waals surface area contributed by atoms with Gasteiger partial charge in [-0.3, -0.25) is 4.79 Å². The maximum Gasteiger partial charge on any atom is 0.160 e. The van der Waals surface area contributed by atoms with Gasteiger partial charge in [0.2, 0.25) is 0 Å². The first-order chi connectivity index (χ1) is 15.9. The Bertz CT molecular complexity index is 1050. The molecule has 0 saturated heterocycles. The molecule has 3 rings (SSSR count). The summed E-state index contributed by atoms with van der Waals surface area (Å²) in [7, 11) is 2.97. The SMILES string of the molecule is COc1cc(CCC(=O)C[C@@H](O)[C@H](Cc2cc[nH]c2)Cc2ccc(O)c(OC)c2)ccc1O. The Morgan fingerprint density at radius 1 is 0.909 bits per heavy atom. The number of carbonyl (C=O) groups is 1. The first-order valence-electron chi connectivity index (χ1n) is 10.9. The molecule has 0 spiro atoms. The Morgan fingerprint density at radius 2 is 1.52 bits per heavy atom. The van der Waals surface area contributed by atoms with Gasteiger partial charge >= 0.3 is 0 Å². The fourth-order valence-electron chi connectivity index (χ4n) is 3.95. The summed E-state index contributed by atoms with van der Waals surface area (Å²) in [6, 6.07) is 12.1. The molecular formula is C26H31NO6. The van der Waals surface area contributed by atoms with Crippen LogP contribution in [0.1, 0.15) is 29.5 Å². The molecule has 0 aliphatic heterocycles. The number of aryl methyl sites for hydroxylation is 1. The number of aliphatic hydroxyl groups excluding tert-OH is 1. The Kier molecular flexibility index (Phi) is 8.38. The van der Waals surface area contributed by atoms with Gasteiger partial charge < -0.3 is 29.8 Å². The summed E-state index contributed by atoms with van der Waals surface area (Å²) in [6.07, 6.45) is 4.88. The van der Waals surface area contributed by atoms with Gasteiger partial charge in [-0.15, -0.1) is 0 Å². The van der Waals surface area contributed by atoms with Crippen LogP contribution in [0.5, 0.6) is 23.0 Å². The molecule has 0 saturated carbocycles. The Balaban J connectivity index is 1.65. The highest BCUT2D eigenvalue weighted by Crippen LogP contribution is 2.30. The maximum atomic E-state index is 12.7. The topological polar surface area (TPSA) is 112 Å². The average molecular weight is 454 g/mol. The van der Waals surface area contributed by atoms with Crippen LogP contribution >= 0.6 is 0 Å². The van der Waals surface area contributed by atoms with Crippen molar-refractivity contribution in [2.75, 3.05) is 14.2 Å². The van der Waals surface area contributed by atoms with Gasteiger partial charge in [0.15, 0.2) is 23.0 Å². The van der Waals surface area contributed by atoms with Crippen LogP contribution < -0.4 is 9.47 Å². The van der Waals surface area contributed by atoms with Crippen molar-refractivity contribution in [3.05, 3.63) is 71.5 Å². The number of benzene rings is 2. The molecule has 1 heterocycles. The number of H-pyrrole nitrogens is 1. The van der Waals surface area contributed by atoms with E-state index in [2.05, 4.69) is 4.98 Å². The summed E-state index contributed by atoms with van der Waals surface area (Å²) in [4.78, 5) is 15.7. The molecule has 1 aromatic heterocycles. The highest BCUT2D eigenvalue weighted by molar-refractivity contribution is 5.79. The number of aromatic amines is 1. The van der Waals surface area contributed by atoms with Crippen molar-refractivity contribution in [2.24, 2.45) is 5.92 Å².